The zero-order valence-electron chi connectivity index (χ0n) is 13.8. The number of para-hydroxylation sites is 2. The molecule has 0 unspecified atom stereocenters. The van der Waals surface area contributed by atoms with Gasteiger partial charge >= 0.3 is 7.82 Å². The quantitative estimate of drug-likeness (QED) is 0.463. The molecule has 0 saturated heterocycles. The third kappa shape index (κ3) is 5.86. The molecule has 0 spiro atoms. The molecule has 0 aliphatic carbocycles. The minimum absolute atomic E-state index is 0.417. The van der Waals surface area contributed by atoms with Gasteiger partial charge in [-0.15, -0.1) is 0 Å². The van der Waals surface area contributed by atoms with Crippen molar-refractivity contribution in [2.45, 2.75) is 26.1 Å². The highest BCUT2D eigenvalue weighted by Gasteiger charge is 2.34. The Hall–Kier alpha value is -1.55. The molecule has 2 rings (SSSR count). The molecule has 0 saturated carbocycles. The van der Waals surface area contributed by atoms with E-state index in [1.165, 1.54) is 0 Å². The van der Waals surface area contributed by atoms with Crippen LogP contribution in [0.4, 0.5) is 0 Å². The SMILES string of the molecule is CC[Si](C)(C)COP(=O)(Oc1ccccc1)Oc1ccccc1. The molecule has 2 aromatic rings. The molecule has 0 N–H and O–H groups in total. The summed E-state index contributed by atoms with van der Waals surface area (Å²) in [7, 11) is -5.31. The first kappa shape index (κ1) is 17.8. The van der Waals surface area contributed by atoms with Gasteiger partial charge in [-0.25, -0.2) is 4.57 Å². The van der Waals surface area contributed by atoms with Gasteiger partial charge < -0.3 is 9.05 Å². The van der Waals surface area contributed by atoms with Crippen LogP contribution in [0.15, 0.2) is 60.7 Å². The third-order valence-electron chi connectivity index (χ3n) is 3.49. The summed E-state index contributed by atoms with van der Waals surface area (Å²) >= 11 is 0. The summed E-state index contributed by atoms with van der Waals surface area (Å²) in [6.45, 7) is 6.49. The zero-order chi connectivity index (χ0) is 16.8. The second-order valence-corrected chi connectivity index (χ2v) is 12.9. The first-order valence-corrected chi connectivity index (χ1v) is 12.5. The van der Waals surface area contributed by atoms with E-state index in [9.17, 15) is 4.57 Å². The van der Waals surface area contributed by atoms with E-state index in [1.54, 1.807) is 24.3 Å². The van der Waals surface area contributed by atoms with E-state index in [-0.39, 0.29) is 0 Å². The van der Waals surface area contributed by atoms with E-state index < -0.39 is 15.9 Å². The minimum Gasteiger partial charge on any atom is -0.395 e. The molecule has 0 aliphatic heterocycles. The predicted molar refractivity (Wildman–Crippen MR) is 95.7 cm³/mol. The monoisotopic (exact) mass is 350 g/mol. The van der Waals surface area contributed by atoms with Crippen molar-refractivity contribution in [2.24, 2.45) is 0 Å². The Labute approximate surface area is 139 Å². The molecule has 0 radical (unpaired) electrons. The molecule has 0 fully saturated rings. The van der Waals surface area contributed by atoms with Crippen molar-refractivity contribution in [3.05, 3.63) is 60.7 Å². The lowest BCUT2D eigenvalue weighted by Crippen LogP contribution is -2.31. The third-order valence-corrected chi connectivity index (χ3v) is 7.89. The highest BCUT2D eigenvalue weighted by atomic mass is 31.2. The van der Waals surface area contributed by atoms with Crippen LogP contribution in [0.3, 0.4) is 0 Å². The van der Waals surface area contributed by atoms with Crippen LogP contribution in [0, 0.1) is 0 Å². The van der Waals surface area contributed by atoms with Gasteiger partial charge in [0.2, 0.25) is 0 Å². The lowest BCUT2D eigenvalue weighted by atomic mass is 10.3. The molecular weight excluding hydrogens is 327 g/mol. The van der Waals surface area contributed by atoms with Crippen LogP contribution in [-0.4, -0.2) is 14.3 Å². The van der Waals surface area contributed by atoms with Crippen molar-refractivity contribution in [2.75, 3.05) is 6.23 Å². The molecule has 23 heavy (non-hydrogen) atoms. The Bertz CT molecular complexity index is 601. The first-order valence-electron chi connectivity index (χ1n) is 7.66. The van der Waals surface area contributed by atoms with E-state index in [1.807, 2.05) is 36.4 Å². The smallest absolute Gasteiger partial charge is 0.395 e. The maximum Gasteiger partial charge on any atom is 0.587 e. The Morgan fingerprint density at radius 1 is 0.870 bits per heavy atom. The van der Waals surface area contributed by atoms with Gasteiger partial charge in [0.05, 0.1) is 14.3 Å². The summed E-state index contributed by atoms with van der Waals surface area (Å²) in [5.41, 5.74) is 0. The highest BCUT2D eigenvalue weighted by molar-refractivity contribution is 7.49. The topological polar surface area (TPSA) is 44.8 Å². The Morgan fingerprint density at radius 3 is 1.70 bits per heavy atom. The van der Waals surface area contributed by atoms with Crippen LogP contribution in [0.1, 0.15) is 6.92 Å². The van der Waals surface area contributed by atoms with Crippen molar-refractivity contribution < 1.29 is 18.1 Å². The Kier molecular flexibility index (Phi) is 6.05. The fraction of sp³-hybridized carbons (Fsp3) is 0.294. The van der Waals surface area contributed by atoms with E-state index in [4.69, 9.17) is 13.6 Å². The van der Waals surface area contributed by atoms with Crippen molar-refractivity contribution in [3.63, 3.8) is 0 Å². The summed E-state index contributed by atoms with van der Waals surface area (Å²) < 4.78 is 29.9. The molecule has 6 heteroatoms. The van der Waals surface area contributed by atoms with Crippen molar-refractivity contribution in [1.82, 2.24) is 0 Å². The predicted octanol–water partition coefficient (Wildman–Crippen LogP) is 5.54. The van der Waals surface area contributed by atoms with Gasteiger partial charge in [-0.2, -0.15) is 0 Å². The molecule has 0 aliphatic rings. The van der Waals surface area contributed by atoms with Gasteiger partial charge in [-0.3, -0.25) is 4.52 Å². The first-order chi connectivity index (χ1) is 10.9. The average Bonchev–Trinajstić information content (AvgIpc) is 2.55. The maximum absolute atomic E-state index is 13.1. The molecule has 2 aromatic carbocycles. The number of phosphoric acid groups is 1. The summed E-state index contributed by atoms with van der Waals surface area (Å²) in [5, 5.41) is 0. The zero-order valence-corrected chi connectivity index (χ0v) is 15.7. The van der Waals surface area contributed by atoms with E-state index in [0.29, 0.717) is 17.7 Å². The summed E-state index contributed by atoms with van der Waals surface area (Å²) in [4.78, 5) is 0. The fourth-order valence-electron chi connectivity index (χ4n) is 1.65. The van der Waals surface area contributed by atoms with Crippen LogP contribution in [0.2, 0.25) is 19.1 Å². The maximum atomic E-state index is 13.1. The molecular formula is C17H23O4PSi. The Morgan fingerprint density at radius 2 is 1.30 bits per heavy atom. The molecule has 0 amide bonds. The van der Waals surface area contributed by atoms with Crippen LogP contribution in [0.5, 0.6) is 11.5 Å². The van der Waals surface area contributed by atoms with Gasteiger partial charge in [-0.1, -0.05) is 62.5 Å². The Balaban J connectivity index is 2.17. The average molecular weight is 350 g/mol. The van der Waals surface area contributed by atoms with Crippen LogP contribution in [-0.2, 0) is 9.09 Å². The van der Waals surface area contributed by atoms with Crippen molar-refractivity contribution >= 4 is 15.9 Å². The molecule has 0 bridgehead atoms. The second kappa shape index (κ2) is 7.82. The largest absolute Gasteiger partial charge is 0.587 e. The van der Waals surface area contributed by atoms with Crippen LogP contribution >= 0.6 is 7.82 Å². The van der Waals surface area contributed by atoms with Gasteiger partial charge in [0.1, 0.15) is 11.5 Å². The number of phosphoric ester groups is 1. The second-order valence-electron chi connectivity index (χ2n) is 6.05. The van der Waals surface area contributed by atoms with Gasteiger partial charge in [0, 0.05) is 0 Å². The normalized spacial score (nSPS) is 12.0. The number of hydrogen-bond donors (Lipinski definition) is 0. The van der Waals surface area contributed by atoms with E-state index >= 15 is 0 Å². The number of hydrogen-bond acceptors (Lipinski definition) is 4. The van der Waals surface area contributed by atoms with Gasteiger partial charge in [-0.05, 0) is 24.3 Å². The van der Waals surface area contributed by atoms with Crippen LogP contribution in [0.25, 0.3) is 0 Å². The summed E-state index contributed by atoms with van der Waals surface area (Å²) in [6, 6.07) is 18.9. The van der Waals surface area contributed by atoms with Crippen molar-refractivity contribution in [1.29, 1.82) is 0 Å². The standard InChI is InChI=1S/C17H23O4PSi/c1-4-23(2,3)15-19-22(18,20-16-11-7-5-8-12-16)21-17-13-9-6-10-14-17/h5-14H,4,15H2,1-3H3. The minimum atomic E-state index is -3.74. The molecule has 0 heterocycles. The number of rotatable bonds is 8. The van der Waals surface area contributed by atoms with Crippen LogP contribution < -0.4 is 9.05 Å². The van der Waals surface area contributed by atoms with Crippen molar-refractivity contribution in [3.8, 4) is 11.5 Å². The highest BCUT2D eigenvalue weighted by Crippen LogP contribution is 2.50. The lowest BCUT2D eigenvalue weighted by Gasteiger charge is -2.24. The molecule has 0 aromatic heterocycles. The summed E-state index contributed by atoms with van der Waals surface area (Å²) in [5.74, 6) is 0.922. The molecule has 124 valence electrons. The lowest BCUT2D eigenvalue weighted by molar-refractivity contribution is 0.235. The fourth-order valence-corrected chi connectivity index (χ4v) is 4.79. The number of benzene rings is 2. The van der Waals surface area contributed by atoms with Gasteiger partial charge in [0.15, 0.2) is 0 Å². The summed E-state index contributed by atoms with van der Waals surface area (Å²) in [6.07, 6.45) is 0.417. The van der Waals surface area contributed by atoms with Gasteiger partial charge in [0.25, 0.3) is 0 Å². The van der Waals surface area contributed by atoms with E-state index in [2.05, 4.69) is 20.0 Å². The molecule has 4 nitrogen and oxygen atoms in total. The van der Waals surface area contributed by atoms with E-state index in [0.717, 1.165) is 6.04 Å². The molecule has 0 atom stereocenters.